The van der Waals surface area contributed by atoms with Crippen LogP contribution in [0.15, 0.2) is 18.3 Å². The van der Waals surface area contributed by atoms with Gasteiger partial charge in [0.05, 0.1) is 18.4 Å². The van der Waals surface area contributed by atoms with Crippen LogP contribution in [0.1, 0.15) is 25.1 Å². The van der Waals surface area contributed by atoms with Crippen molar-refractivity contribution < 1.29 is 4.39 Å². The van der Waals surface area contributed by atoms with E-state index < -0.39 is 0 Å². The summed E-state index contributed by atoms with van der Waals surface area (Å²) in [5.74, 6) is 2.18. The molecule has 1 aromatic rings. The maximum absolute atomic E-state index is 12.6. The van der Waals surface area contributed by atoms with Crippen LogP contribution in [0.4, 0.5) is 4.39 Å². The molecule has 1 unspecified atom stereocenters. The topological polar surface area (TPSA) is 24.9 Å². The summed E-state index contributed by atoms with van der Waals surface area (Å²) in [6, 6.07) is 3.18. The normalized spacial score (nSPS) is 12.1. The van der Waals surface area contributed by atoms with Crippen LogP contribution in [0.3, 0.4) is 0 Å². The van der Waals surface area contributed by atoms with Gasteiger partial charge in [-0.1, -0.05) is 12.8 Å². The van der Waals surface area contributed by atoms with E-state index in [4.69, 9.17) is 6.42 Å². The monoisotopic (exact) mass is 192 g/mol. The first-order chi connectivity index (χ1) is 6.77. The highest BCUT2D eigenvalue weighted by molar-refractivity contribution is 5.10. The van der Waals surface area contributed by atoms with Gasteiger partial charge in [-0.05, 0) is 18.6 Å². The standard InChI is InChI=1S/C11H13FN2/c1-3-7-13-10(4-2)11-6-5-9(12)8-14-11/h1,5-6,8,10,13H,4,7H2,2H3. The van der Waals surface area contributed by atoms with E-state index in [0.29, 0.717) is 6.54 Å². The van der Waals surface area contributed by atoms with Gasteiger partial charge in [-0.3, -0.25) is 10.3 Å². The number of pyridine rings is 1. The minimum Gasteiger partial charge on any atom is -0.298 e. The van der Waals surface area contributed by atoms with Crippen molar-refractivity contribution >= 4 is 0 Å². The van der Waals surface area contributed by atoms with Gasteiger partial charge in [0, 0.05) is 6.04 Å². The SMILES string of the molecule is C#CCNC(CC)c1ccc(F)cn1. The summed E-state index contributed by atoms with van der Waals surface area (Å²) in [5, 5.41) is 3.13. The Morgan fingerprint density at radius 3 is 2.93 bits per heavy atom. The zero-order valence-corrected chi connectivity index (χ0v) is 8.13. The molecule has 1 aromatic heterocycles. The number of aromatic nitrogens is 1. The highest BCUT2D eigenvalue weighted by atomic mass is 19.1. The fraction of sp³-hybridized carbons (Fsp3) is 0.364. The van der Waals surface area contributed by atoms with Crippen molar-refractivity contribution in [2.75, 3.05) is 6.54 Å². The Morgan fingerprint density at radius 2 is 2.43 bits per heavy atom. The highest BCUT2D eigenvalue weighted by Crippen LogP contribution is 2.13. The second-order valence-corrected chi connectivity index (χ2v) is 2.95. The maximum atomic E-state index is 12.6. The van der Waals surface area contributed by atoms with Crippen LogP contribution < -0.4 is 5.32 Å². The molecule has 0 saturated carbocycles. The molecule has 0 fully saturated rings. The average Bonchev–Trinajstić information content (AvgIpc) is 2.21. The lowest BCUT2D eigenvalue weighted by Crippen LogP contribution is -2.21. The van der Waals surface area contributed by atoms with Crippen molar-refractivity contribution in [3.05, 3.63) is 29.8 Å². The Hall–Kier alpha value is -1.40. The predicted molar refractivity (Wildman–Crippen MR) is 54.1 cm³/mol. The van der Waals surface area contributed by atoms with Crippen molar-refractivity contribution in [2.24, 2.45) is 0 Å². The van der Waals surface area contributed by atoms with Crippen molar-refractivity contribution in [1.82, 2.24) is 10.3 Å². The summed E-state index contributed by atoms with van der Waals surface area (Å²) in [4.78, 5) is 4.00. The molecule has 0 aliphatic carbocycles. The van der Waals surface area contributed by atoms with Crippen LogP contribution >= 0.6 is 0 Å². The maximum Gasteiger partial charge on any atom is 0.141 e. The third-order valence-electron chi connectivity index (χ3n) is 1.97. The first kappa shape index (κ1) is 10.7. The molecule has 74 valence electrons. The molecule has 0 bridgehead atoms. The summed E-state index contributed by atoms with van der Waals surface area (Å²) in [7, 11) is 0. The summed E-state index contributed by atoms with van der Waals surface area (Å²) in [6.45, 7) is 2.52. The number of rotatable bonds is 4. The van der Waals surface area contributed by atoms with E-state index in [-0.39, 0.29) is 11.9 Å². The van der Waals surface area contributed by atoms with Crippen molar-refractivity contribution in [1.29, 1.82) is 0 Å². The third kappa shape index (κ3) is 2.82. The summed E-state index contributed by atoms with van der Waals surface area (Å²) in [6.07, 6.45) is 7.23. The van der Waals surface area contributed by atoms with Gasteiger partial charge in [-0.2, -0.15) is 0 Å². The third-order valence-corrected chi connectivity index (χ3v) is 1.97. The number of hydrogen-bond acceptors (Lipinski definition) is 2. The van der Waals surface area contributed by atoms with E-state index in [2.05, 4.69) is 16.2 Å². The van der Waals surface area contributed by atoms with Gasteiger partial charge in [0.25, 0.3) is 0 Å². The van der Waals surface area contributed by atoms with Gasteiger partial charge >= 0.3 is 0 Å². The van der Waals surface area contributed by atoms with Gasteiger partial charge in [0.1, 0.15) is 5.82 Å². The molecule has 0 aliphatic heterocycles. The molecule has 0 amide bonds. The molecule has 1 heterocycles. The van der Waals surface area contributed by atoms with Crippen LogP contribution in [-0.2, 0) is 0 Å². The number of hydrogen-bond donors (Lipinski definition) is 1. The van der Waals surface area contributed by atoms with Crippen LogP contribution in [0.5, 0.6) is 0 Å². The molecule has 1 N–H and O–H groups in total. The van der Waals surface area contributed by atoms with Gasteiger partial charge in [0.2, 0.25) is 0 Å². The van der Waals surface area contributed by atoms with Crippen LogP contribution in [0.25, 0.3) is 0 Å². The largest absolute Gasteiger partial charge is 0.298 e. The Labute approximate surface area is 83.6 Å². The molecule has 0 saturated heterocycles. The lowest BCUT2D eigenvalue weighted by molar-refractivity contribution is 0.536. The fourth-order valence-electron chi connectivity index (χ4n) is 1.23. The van der Waals surface area contributed by atoms with Crippen molar-refractivity contribution in [3.63, 3.8) is 0 Å². The van der Waals surface area contributed by atoms with Crippen LogP contribution in [-0.4, -0.2) is 11.5 Å². The smallest absolute Gasteiger partial charge is 0.141 e. The Balaban J connectivity index is 2.69. The molecule has 1 rings (SSSR count). The van der Waals surface area contributed by atoms with Crippen molar-refractivity contribution in [2.45, 2.75) is 19.4 Å². The number of terminal acetylenes is 1. The molecule has 0 aromatic carbocycles. The molecule has 14 heavy (non-hydrogen) atoms. The zero-order valence-electron chi connectivity index (χ0n) is 8.13. The average molecular weight is 192 g/mol. The lowest BCUT2D eigenvalue weighted by Gasteiger charge is -2.14. The fourth-order valence-corrected chi connectivity index (χ4v) is 1.23. The van der Waals surface area contributed by atoms with Crippen LogP contribution in [0, 0.1) is 18.2 Å². The summed E-state index contributed by atoms with van der Waals surface area (Å²) < 4.78 is 12.6. The predicted octanol–water partition coefficient (Wildman–Crippen LogP) is 1.89. The first-order valence-corrected chi connectivity index (χ1v) is 4.56. The number of nitrogens with one attached hydrogen (secondary N) is 1. The minimum absolute atomic E-state index is 0.103. The van der Waals surface area contributed by atoms with E-state index in [0.717, 1.165) is 12.1 Å². The van der Waals surface area contributed by atoms with Crippen LogP contribution in [0.2, 0.25) is 0 Å². The van der Waals surface area contributed by atoms with Gasteiger partial charge in [0.15, 0.2) is 0 Å². The van der Waals surface area contributed by atoms with Gasteiger partial charge in [-0.25, -0.2) is 4.39 Å². The summed E-state index contributed by atoms with van der Waals surface area (Å²) >= 11 is 0. The minimum atomic E-state index is -0.319. The Bertz CT molecular complexity index is 313. The molecule has 2 nitrogen and oxygen atoms in total. The summed E-state index contributed by atoms with van der Waals surface area (Å²) in [5.41, 5.74) is 0.823. The zero-order chi connectivity index (χ0) is 10.4. The molecule has 0 radical (unpaired) electrons. The Morgan fingerprint density at radius 1 is 1.64 bits per heavy atom. The molecule has 1 atom stereocenters. The first-order valence-electron chi connectivity index (χ1n) is 4.56. The lowest BCUT2D eigenvalue weighted by atomic mass is 10.1. The van der Waals surface area contributed by atoms with E-state index in [1.54, 1.807) is 6.07 Å². The van der Waals surface area contributed by atoms with Gasteiger partial charge in [-0.15, -0.1) is 6.42 Å². The molecular formula is C11H13FN2. The molecule has 0 spiro atoms. The second-order valence-electron chi connectivity index (χ2n) is 2.95. The Kier molecular flexibility index (Phi) is 4.09. The number of nitrogens with zero attached hydrogens (tertiary/aromatic N) is 1. The molecular weight excluding hydrogens is 179 g/mol. The quantitative estimate of drug-likeness (QED) is 0.737. The van der Waals surface area contributed by atoms with Gasteiger partial charge < -0.3 is 0 Å². The van der Waals surface area contributed by atoms with E-state index in [1.165, 1.54) is 12.3 Å². The highest BCUT2D eigenvalue weighted by Gasteiger charge is 2.08. The van der Waals surface area contributed by atoms with E-state index in [1.807, 2.05) is 6.92 Å². The molecule has 3 heteroatoms. The van der Waals surface area contributed by atoms with E-state index >= 15 is 0 Å². The van der Waals surface area contributed by atoms with E-state index in [9.17, 15) is 4.39 Å². The number of halogens is 1. The van der Waals surface area contributed by atoms with Crippen molar-refractivity contribution in [3.8, 4) is 12.3 Å². The molecule has 0 aliphatic rings. The second kappa shape index (κ2) is 5.36.